The minimum atomic E-state index is -0.0405. The number of piperidine rings is 1. The maximum Gasteiger partial charge on any atom is 0.245 e. The molecule has 0 aromatic heterocycles. The van der Waals surface area contributed by atoms with Crippen LogP contribution in [-0.2, 0) is 9.53 Å². The average Bonchev–Trinajstić information content (AvgIpc) is 2.26. The summed E-state index contributed by atoms with van der Waals surface area (Å²) in [6, 6.07) is 0.616. The highest BCUT2D eigenvalue weighted by molar-refractivity contribution is 5.76. The standard InChI is InChI=1S/C11H22N2O2/c1-9(2)13-6-4-10(5-7-13)15-8-11(14)12-3/h9-10H,4-8H2,1-3H3,(H,12,14). The molecule has 0 radical (unpaired) electrons. The predicted octanol–water partition coefficient (Wildman–Crippen LogP) is 0.622. The minimum Gasteiger partial charge on any atom is -0.368 e. The molecule has 0 saturated carbocycles. The van der Waals surface area contributed by atoms with E-state index in [1.54, 1.807) is 7.05 Å². The summed E-state index contributed by atoms with van der Waals surface area (Å²) in [5.41, 5.74) is 0. The third kappa shape index (κ3) is 4.18. The van der Waals surface area contributed by atoms with Gasteiger partial charge in [-0.1, -0.05) is 0 Å². The van der Waals surface area contributed by atoms with E-state index in [2.05, 4.69) is 24.1 Å². The number of nitrogens with zero attached hydrogens (tertiary/aromatic N) is 1. The Bertz CT molecular complexity index is 199. The number of ether oxygens (including phenoxy) is 1. The molecule has 0 aromatic carbocycles. The fraction of sp³-hybridized carbons (Fsp3) is 0.909. The fourth-order valence-electron chi connectivity index (χ4n) is 1.82. The lowest BCUT2D eigenvalue weighted by Gasteiger charge is -2.34. The lowest BCUT2D eigenvalue weighted by atomic mass is 10.1. The molecule has 1 saturated heterocycles. The summed E-state index contributed by atoms with van der Waals surface area (Å²) >= 11 is 0. The zero-order valence-corrected chi connectivity index (χ0v) is 9.95. The summed E-state index contributed by atoms with van der Waals surface area (Å²) in [4.78, 5) is 13.4. The SMILES string of the molecule is CNC(=O)COC1CCN(C(C)C)CC1. The second-order valence-electron chi connectivity index (χ2n) is 4.31. The topological polar surface area (TPSA) is 41.6 Å². The third-order valence-corrected chi connectivity index (χ3v) is 2.94. The van der Waals surface area contributed by atoms with Crippen LogP contribution >= 0.6 is 0 Å². The van der Waals surface area contributed by atoms with Crippen molar-refractivity contribution in [3.05, 3.63) is 0 Å². The molecule has 0 unspecified atom stereocenters. The van der Waals surface area contributed by atoms with Crippen molar-refractivity contribution in [1.29, 1.82) is 0 Å². The van der Waals surface area contributed by atoms with E-state index in [0.29, 0.717) is 6.04 Å². The van der Waals surface area contributed by atoms with Crippen molar-refractivity contribution < 1.29 is 9.53 Å². The first-order valence-electron chi connectivity index (χ1n) is 5.69. The average molecular weight is 214 g/mol. The van der Waals surface area contributed by atoms with Crippen molar-refractivity contribution in [2.45, 2.75) is 38.8 Å². The van der Waals surface area contributed by atoms with Crippen molar-refractivity contribution in [2.75, 3.05) is 26.7 Å². The van der Waals surface area contributed by atoms with Gasteiger partial charge in [-0.25, -0.2) is 0 Å². The van der Waals surface area contributed by atoms with Gasteiger partial charge < -0.3 is 15.0 Å². The maximum atomic E-state index is 11.0. The predicted molar refractivity (Wildman–Crippen MR) is 59.7 cm³/mol. The van der Waals surface area contributed by atoms with Crippen LogP contribution in [0.5, 0.6) is 0 Å². The van der Waals surface area contributed by atoms with Crippen LogP contribution in [0.2, 0.25) is 0 Å². The van der Waals surface area contributed by atoms with Gasteiger partial charge in [0.1, 0.15) is 6.61 Å². The molecule has 1 N–H and O–H groups in total. The van der Waals surface area contributed by atoms with Gasteiger partial charge in [0.25, 0.3) is 0 Å². The smallest absolute Gasteiger partial charge is 0.245 e. The van der Waals surface area contributed by atoms with Crippen molar-refractivity contribution in [3.63, 3.8) is 0 Å². The van der Waals surface area contributed by atoms with Gasteiger partial charge in [-0.15, -0.1) is 0 Å². The van der Waals surface area contributed by atoms with Crippen LogP contribution in [0.15, 0.2) is 0 Å². The summed E-state index contributed by atoms with van der Waals surface area (Å²) in [6.07, 6.45) is 2.34. The summed E-state index contributed by atoms with van der Waals surface area (Å²) in [5, 5.41) is 2.56. The quantitative estimate of drug-likeness (QED) is 0.746. The molecule has 1 rings (SSSR count). The van der Waals surface area contributed by atoms with Gasteiger partial charge in [0.05, 0.1) is 6.10 Å². The second-order valence-corrected chi connectivity index (χ2v) is 4.31. The molecule has 88 valence electrons. The number of rotatable bonds is 4. The maximum absolute atomic E-state index is 11.0. The van der Waals surface area contributed by atoms with E-state index in [1.165, 1.54) is 0 Å². The van der Waals surface area contributed by atoms with Gasteiger partial charge in [0.2, 0.25) is 5.91 Å². The zero-order valence-electron chi connectivity index (χ0n) is 9.95. The lowest BCUT2D eigenvalue weighted by Crippen LogP contribution is -2.41. The highest BCUT2D eigenvalue weighted by Crippen LogP contribution is 2.15. The minimum absolute atomic E-state index is 0.0405. The van der Waals surface area contributed by atoms with E-state index in [1.807, 2.05) is 0 Å². The molecule has 0 atom stereocenters. The molecule has 4 heteroatoms. The Morgan fingerprint density at radius 1 is 1.47 bits per heavy atom. The monoisotopic (exact) mass is 214 g/mol. The van der Waals surface area contributed by atoms with E-state index in [4.69, 9.17) is 4.74 Å². The van der Waals surface area contributed by atoms with E-state index in [9.17, 15) is 4.79 Å². The molecule has 1 aliphatic heterocycles. The zero-order chi connectivity index (χ0) is 11.3. The van der Waals surface area contributed by atoms with Gasteiger partial charge in [0, 0.05) is 26.2 Å². The number of carbonyl (C=O) groups is 1. The van der Waals surface area contributed by atoms with Crippen molar-refractivity contribution in [1.82, 2.24) is 10.2 Å². The molecule has 4 nitrogen and oxygen atoms in total. The Hall–Kier alpha value is -0.610. The first-order chi connectivity index (χ1) is 7.13. The van der Waals surface area contributed by atoms with Crippen LogP contribution in [0.3, 0.4) is 0 Å². The molecule has 1 amide bonds. The number of likely N-dealkylation sites (tertiary alicyclic amines) is 1. The number of carbonyl (C=O) groups excluding carboxylic acids is 1. The van der Waals surface area contributed by atoms with Gasteiger partial charge in [-0.2, -0.15) is 0 Å². The normalized spacial score (nSPS) is 19.5. The second kappa shape index (κ2) is 6.08. The van der Waals surface area contributed by atoms with E-state index in [-0.39, 0.29) is 18.6 Å². The number of amides is 1. The molecule has 1 fully saturated rings. The molecule has 1 aliphatic rings. The van der Waals surface area contributed by atoms with Gasteiger partial charge in [0.15, 0.2) is 0 Å². The van der Waals surface area contributed by atoms with Crippen molar-refractivity contribution >= 4 is 5.91 Å². The van der Waals surface area contributed by atoms with Crippen molar-refractivity contribution in [2.24, 2.45) is 0 Å². The number of hydrogen-bond acceptors (Lipinski definition) is 3. The molecular formula is C11H22N2O2. The summed E-state index contributed by atoms with van der Waals surface area (Å²) in [6.45, 7) is 6.78. The number of nitrogens with one attached hydrogen (secondary N) is 1. The van der Waals surface area contributed by atoms with Gasteiger partial charge >= 0.3 is 0 Å². The molecule has 1 heterocycles. The highest BCUT2D eigenvalue weighted by Gasteiger charge is 2.21. The van der Waals surface area contributed by atoms with Crippen LogP contribution in [-0.4, -0.2) is 49.7 Å². The van der Waals surface area contributed by atoms with E-state index in [0.717, 1.165) is 25.9 Å². The van der Waals surface area contributed by atoms with Crippen LogP contribution < -0.4 is 5.32 Å². The van der Waals surface area contributed by atoms with Gasteiger partial charge in [-0.05, 0) is 26.7 Å². The summed E-state index contributed by atoms with van der Waals surface area (Å²) in [7, 11) is 1.63. The Morgan fingerprint density at radius 3 is 2.53 bits per heavy atom. The molecular weight excluding hydrogens is 192 g/mol. The number of hydrogen-bond donors (Lipinski definition) is 1. The van der Waals surface area contributed by atoms with Gasteiger partial charge in [-0.3, -0.25) is 4.79 Å². The van der Waals surface area contributed by atoms with Crippen LogP contribution in [0, 0.1) is 0 Å². The van der Waals surface area contributed by atoms with Crippen LogP contribution in [0.1, 0.15) is 26.7 Å². The molecule has 0 bridgehead atoms. The third-order valence-electron chi connectivity index (χ3n) is 2.94. The van der Waals surface area contributed by atoms with Crippen LogP contribution in [0.4, 0.5) is 0 Å². The summed E-state index contributed by atoms with van der Waals surface area (Å²) < 4.78 is 5.52. The van der Waals surface area contributed by atoms with E-state index >= 15 is 0 Å². The number of likely N-dealkylation sites (N-methyl/N-ethyl adjacent to an activating group) is 1. The molecule has 0 aliphatic carbocycles. The largest absolute Gasteiger partial charge is 0.368 e. The fourth-order valence-corrected chi connectivity index (χ4v) is 1.82. The Morgan fingerprint density at radius 2 is 2.07 bits per heavy atom. The Kier molecular flexibility index (Phi) is 5.05. The molecule has 15 heavy (non-hydrogen) atoms. The highest BCUT2D eigenvalue weighted by atomic mass is 16.5. The first kappa shape index (κ1) is 12.5. The molecule has 0 aromatic rings. The Balaban J connectivity index is 2.17. The van der Waals surface area contributed by atoms with Crippen LogP contribution in [0.25, 0.3) is 0 Å². The van der Waals surface area contributed by atoms with Crippen molar-refractivity contribution in [3.8, 4) is 0 Å². The molecule has 0 spiro atoms. The first-order valence-corrected chi connectivity index (χ1v) is 5.69. The Labute approximate surface area is 92.0 Å². The lowest BCUT2D eigenvalue weighted by molar-refractivity contribution is -0.128. The summed E-state index contributed by atoms with van der Waals surface area (Å²) in [5.74, 6) is -0.0405. The van der Waals surface area contributed by atoms with E-state index < -0.39 is 0 Å².